The number of piperidine rings is 1. The monoisotopic (exact) mass is 502 g/mol. The van der Waals surface area contributed by atoms with Crippen LogP contribution in [0.2, 0.25) is 5.15 Å². The summed E-state index contributed by atoms with van der Waals surface area (Å²) in [6.45, 7) is 6.49. The van der Waals surface area contributed by atoms with Crippen molar-refractivity contribution in [1.82, 2.24) is 30.0 Å². The van der Waals surface area contributed by atoms with Crippen LogP contribution in [0.4, 0.5) is 4.79 Å². The van der Waals surface area contributed by atoms with E-state index in [0.29, 0.717) is 41.6 Å². The van der Waals surface area contributed by atoms with E-state index in [0.717, 1.165) is 0 Å². The zero-order valence-electron chi connectivity index (χ0n) is 18.7. The van der Waals surface area contributed by atoms with Gasteiger partial charge in [0.1, 0.15) is 11.3 Å². The molecular weight excluding hydrogens is 480 g/mol. The van der Waals surface area contributed by atoms with E-state index in [1.807, 2.05) is 17.2 Å². The average molecular weight is 503 g/mol. The van der Waals surface area contributed by atoms with Crippen molar-refractivity contribution in [2.24, 2.45) is 11.8 Å². The van der Waals surface area contributed by atoms with Gasteiger partial charge in [-0.15, -0.1) is 11.3 Å². The maximum absolute atomic E-state index is 13.1. The minimum Gasteiger partial charge on any atom is -0.474 e. The molecule has 0 radical (unpaired) electrons. The maximum Gasteiger partial charge on any atom is 0.405 e. The fourth-order valence-electron chi connectivity index (χ4n) is 4.46. The number of hydrogen-bond donors (Lipinski definition) is 2. The van der Waals surface area contributed by atoms with Gasteiger partial charge >= 0.3 is 6.09 Å². The van der Waals surface area contributed by atoms with Gasteiger partial charge in [0, 0.05) is 42.6 Å². The molecule has 5 rings (SSSR count). The number of rotatable bonds is 6. The average Bonchev–Trinajstić information content (AvgIpc) is 3.26. The van der Waals surface area contributed by atoms with Crippen molar-refractivity contribution in [3.63, 3.8) is 0 Å². The van der Waals surface area contributed by atoms with Gasteiger partial charge in [0.2, 0.25) is 5.88 Å². The summed E-state index contributed by atoms with van der Waals surface area (Å²) in [7, 11) is 0. The molecule has 178 valence electrons. The first-order chi connectivity index (χ1) is 16.1. The molecule has 3 aromatic rings. The molecule has 1 saturated heterocycles. The number of ether oxygens (including phenoxy) is 1. The molecule has 3 aromatic heterocycles. The summed E-state index contributed by atoms with van der Waals surface area (Å²) < 4.78 is 7.72. The van der Waals surface area contributed by atoms with Crippen LogP contribution in [0.5, 0.6) is 5.88 Å². The van der Waals surface area contributed by atoms with Gasteiger partial charge in [-0.1, -0.05) is 11.6 Å². The van der Waals surface area contributed by atoms with Crippen LogP contribution in [-0.4, -0.2) is 60.9 Å². The number of hydrogen-bond acceptors (Lipinski definition) is 7. The number of thiazole rings is 1. The molecule has 1 aliphatic heterocycles. The summed E-state index contributed by atoms with van der Waals surface area (Å²) in [6.07, 6.45) is 0.543. The molecule has 10 nitrogen and oxygen atoms in total. The zero-order chi connectivity index (χ0) is 24.2. The lowest BCUT2D eigenvalue weighted by molar-refractivity contribution is 0.0750. The predicted molar refractivity (Wildman–Crippen MR) is 125 cm³/mol. The molecule has 2 amide bonds. The van der Waals surface area contributed by atoms with Gasteiger partial charge in [-0.2, -0.15) is 5.10 Å². The smallest absolute Gasteiger partial charge is 0.405 e. The minimum absolute atomic E-state index is 0.0467. The van der Waals surface area contributed by atoms with E-state index in [9.17, 15) is 9.59 Å². The second-order valence-electron chi connectivity index (χ2n) is 9.11. The number of nitrogens with zero attached hydrogens (tertiary/aromatic N) is 5. The van der Waals surface area contributed by atoms with Gasteiger partial charge in [0.15, 0.2) is 5.82 Å². The number of carboxylic acid groups (broad SMARTS) is 1. The van der Waals surface area contributed by atoms with Crippen molar-refractivity contribution < 1.29 is 19.4 Å². The molecule has 4 heterocycles. The van der Waals surface area contributed by atoms with Crippen molar-refractivity contribution in [3.05, 3.63) is 51.2 Å². The summed E-state index contributed by atoms with van der Waals surface area (Å²) in [5, 5.41) is 18.1. The van der Waals surface area contributed by atoms with Crippen LogP contribution in [0.25, 0.3) is 5.82 Å². The molecule has 2 aliphatic rings. The molecule has 34 heavy (non-hydrogen) atoms. The number of pyridine rings is 1. The molecule has 0 unspecified atom stereocenters. The van der Waals surface area contributed by atoms with Crippen molar-refractivity contribution in [2.75, 3.05) is 13.1 Å². The Morgan fingerprint density at radius 3 is 2.68 bits per heavy atom. The van der Waals surface area contributed by atoms with E-state index in [1.54, 1.807) is 42.4 Å². The molecule has 2 N–H and O–H groups in total. The Balaban J connectivity index is 1.23. The third-order valence-electron chi connectivity index (χ3n) is 6.35. The van der Waals surface area contributed by atoms with Crippen LogP contribution in [0.15, 0.2) is 29.2 Å². The number of aryl methyl sites for hydroxylation is 1. The molecule has 12 heteroatoms. The molecule has 1 saturated carbocycles. The lowest BCUT2D eigenvalue weighted by Crippen LogP contribution is -2.40. The van der Waals surface area contributed by atoms with E-state index in [2.05, 4.69) is 20.4 Å². The third kappa shape index (κ3) is 4.21. The Labute approximate surface area is 204 Å². The van der Waals surface area contributed by atoms with Crippen molar-refractivity contribution in [1.29, 1.82) is 0 Å². The first kappa shape index (κ1) is 22.6. The second-order valence-corrected chi connectivity index (χ2v) is 10.2. The molecule has 1 aliphatic carbocycles. The Bertz CT molecular complexity index is 1250. The number of fused-ring (bicyclic) bond motifs is 1. The normalized spacial score (nSPS) is 21.3. The number of likely N-dealkylation sites (tertiary alicyclic amines) is 1. The fraction of sp³-hybridized carbons (Fsp3) is 0.409. The fourth-order valence-corrected chi connectivity index (χ4v) is 5.18. The van der Waals surface area contributed by atoms with Gasteiger partial charge in [0.25, 0.3) is 5.91 Å². The Morgan fingerprint density at radius 2 is 2.03 bits per heavy atom. The van der Waals surface area contributed by atoms with Crippen LogP contribution in [0, 0.1) is 18.8 Å². The van der Waals surface area contributed by atoms with Crippen molar-refractivity contribution in [3.8, 4) is 11.7 Å². The predicted octanol–water partition coefficient (Wildman–Crippen LogP) is 3.34. The highest BCUT2D eigenvalue weighted by Gasteiger charge is 2.59. The van der Waals surface area contributed by atoms with Gasteiger partial charge in [-0.05, 0) is 32.4 Å². The number of aromatic nitrogens is 4. The van der Waals surface area contributed by atoms with Gasteiger partial charge in [-0.3, -0.25) is 4.79 Å². The first-order valence-corrected chi connectivity index (χ1v) is 12.0. The minimum atomic E-state index is -1.13. The van der Waals surface area contributed by atoms with E-state index >= 15 is 0 Å². The topological polar surface area (TPSA) is 122 Å². The largest absolute Gasteiger partial charge is 0.474 e. The van der Waals surface area contributed by atoms with Crippen LogP contribution in [-0.2, 0) is 5.54 Å². The number of nitrogens with one attached hydrogen (secondary N) is 1. The molecule has 0 bridgehead atoms. The van der Waals surface area contributed by atoms with Gasteiger partial charge in [0.05, 0.1) is 22.3 Å². The first-order valence-electron chi connectivity index (χ1n) is 10.7. The van der Waals surface area contributed by atoms with E-state index < -0.39 is 11.6 Å². The summed E-state index contributed by atoms with van der Waals surface area (Å²) in [5.41, 5.74) is 2.75. The lowest BCUT2D eigenvalue weighted by Gasteiger charge is -2.26. The van der Waals surface area contributed by atoms with E-state index in [1.165, 1.54) is 11.3 Å². The molecular formula is C22H23ClN6O4S. The highest BCUT2D eigenvalue weighted by atomic mass is 35.5. The SMILES string of the molecule is Cc1nn(-c2cscn2)cc1C(=O)N1C[C@@H]2[C@H](C1)[C@@H]2Oc1cc(C(C)(C)NC(=O)O)cc(Cl)n1. The second kappa shape index (κ2) is 8.24. The Morgan fingerprint density at radius 1 is 1.29 bits per heavy atom. The maximum atomic E-state index is 13.1. The van der Waals surface area contributed by atoms with Crippen LogP contribution >= 0.6 is 22.9 Å². The van der Waals surface area contributed by atoms with Crippen molar-refractivity contribution in [2.45, 2.75) is 32.4 Å². The lowest BCUT2D eigenvalue weighted by atomic mass is 9.95. The molecule has 3 atom stereocenters. The number of amides is 2. The summed E-state index contributed by atoms with van der Waals surface area (Å²) in [6, 6.07) is 3.32. The summed E-state index contributed by atoms with van der Waals surface area (Å²) in [5.74, 6) is 1.43. The van der Waals surface area contributed by atoms with Crippen molar-refractivity contribution >= 4 is 34.9 Å². The quantitative estimate of drug-likeness (QED) is 0.495. The standard InChI is InChI=1S/C22H23ClN6O4S/c1-11-13(8-29(27-11)17-9-34-10-24-17)20(30)28-6-14-15(7-28)19(14)33-18-5-12(4-16(23)25-18)22(2,3)26-21(31)32/h4-5,8-10,14-15,19,26H,6-7H2,1-3H3,(H,31,32)/t14-,15+,19-. The highest BCUT2D eigenvalue weighted by molar-refractivity contribution is 7.07. The molecule has 0 aromatic carbocycles. The van der Waals surface area contributed by atoms with E-state index in [-0.39, 0.29) is 29.0 Å². The van der Waals surface area contributed by atoms with Crippen LogP contribution in [0.3, 0.4) is 0 Å². The molecule has 0 spiro atoms. The zero-order valence-corrected chi connectivity index (χ0v) is 20.3. The van der Waals surface area contributed by atoms with Crippen LogP contribution < -0.4 is 10.1 Å². The third-order valence-corrected chi connectivity index (χ3v) is 7.12. The summed E-state index contributed by atoms with van der Waals surface area (Å²) in [4.78, 5) is 34.5. The van der Waals surface area contributed by atoms with Gasteiger partial charge in [-0.25, -0.2) is 19.4 Å². The number of carbonyl (C=O) groups is 2. The van der Waals surface area contributed by atoms with E-state index in [4.69, 9.17) is 21.4 Å². The number of halogens is 1. The number of carbonyl (C=O) groups excluding carboxylic acids is 1. The highest BCUT2D eigenvalue weighted by Crippen LogP contribution is 2.48. The Hall–Kier alpha value is -3.18. The molecule has 2 fully saturated rings. The summed E-state index contributed by atoms with van der Waals surface area (Å²) >= 11 is 7.64. The van der Waals surface area contributed by atoms with Gasteiger partial charge < -0.3 is 20.1 Å². The Kier molecular flexibility index (Phi) is 5.48. The van der Waals surface area contributed by atoms with Crippen LogP contribution in [0.1, 0.15) is 35.5 Å².